The van der Waals surface area contributed by atoms with Crippen molar-refractivity contribution in [3.63, 3.8) is 0 Å². The number of aromatic nitrogens is 4. The molecule has 1 fully saturated rings. The Morgan fingerprint density at radius 3 is 2.70 bits per heavy atom. The largest absolute Gasteiger partial charge is 0.496 e. The molecular weight excluding hydrogens is 345 g/mol. The summed E-state index contributed by atoms with van der Waals surface area (Å²) in [7, 11) is 1.58. The second-order valence-electron chi connectivity index (χ2n) is 6.78. The normalized spacial score (nSPS) is 15.1. The van der Waals surface area contributed by atoms with E-state index in [1.807, 2.05) is 0 Å². The zero-order valence-corrected chi connectivity index (χ0v) is 15.4. The number of ether oxygens (including phenoxy) is 1. The molecule has 0 atom stereocenters. The van der Waals surface area contributed by atoms with E-state index in [1.165, 1.54) is 18.5 Å². The average Bonchev–Trinajstić information content (AvgIpc) is 3.14. The van der Waals surface area contributed by atoms with Gasteiger partial charge in [0.1, 0.15) is 23.7 Å². The maximum absolute atomic E-state index is 13.9. The average molecular weight is 367 g/mol. The van der Waals surface area contributed by atoms with Gasteiger partial charge in [0.05, 0.1) is 19.1 Å². The van der Waals surface area contributed by atoms with E-state index in [1.54, 1.807) is 25.7 Å². The van der Waals surface area contributed by atoms with Gasteiger partial charge in [0.15, 0.2) is 0 Å². The van der Waals surface area contributed by atoms with E-state index >= 15 is 0 Å². The minimum Gasteiger partial charge on any atom is -0.496 e. The molecule has 4 rings (SSSR count). The van der Waals surface area contributed by atoms with Gasteiger partial charge in [-0.25, -0.2) is 19.3 Å². The molecule has 140 valence electrons. The van der Waals surface area contributed by atoms with Gasteiger partial charge < -0.3 is 14.6 Å². The highest BCUT2D eigenvalue weighted by molar-refractivity contribution is 5.79. The third kappa shape index (κ3) is 3.37. The number of H-pyrrole nitrogens is 1. The van der Waals surface area contributed by atoms with E-state index < -0.39 is 0 Å². The number of benzene rings is 1. The fraction of sp³-hybridized carbons (Fsp3) is 0.350. The fourth-order valence-corrected chi connectivity index (χ4v) is 3.80. The number of nitrogens with one attached hydrogen (secondary N) is 1. The van der Waals surface area contributed by atoms with Crippen LogP contribution in [0.2, 0.25) is 0 Å². The second kappa shape index (κ2) is 7.34. The summed E-state index contributed by atoms with van der Waals surface area (Å²) in [4.78, 5) is 18.5. The van der Waals surface area contributed by atoms with E-state index in [2.05, 4.69) is 31.8 Å². The SMILES string of the molecule is COc1ccc(F)cc1-c1cncnc1N1CCC(c2nc[nH]c2C)CC1. The first kappa shape index (κ1) is 17.5. The number of halogens is 1. The Labute approximate surface area is 157 Å². The lowest BCUT2D eigenvalue weighted by Gasteiger charge is -2.33. The molecule has 6 nitrogen and oxygen atoms in total. The van der Waals surface area contributed by atoms with Crippen molar-refractivity contribution in [2.75, 3.05) is 25.1 Å². The summed E-state index contributed by atoms with van der Waals surface area (Å²) in [6, 6.07) is 4.50. The van der Waals surface area contributed by atoms with Crippen molar-refractivity contribution < 1.29 is 9.13 Å². The molecule has 1 aliphatic rings. The number of methoxy groups -OCH3 is 1. The number of aryl methyl sites for hydroxylation is 1. The monoisotopic (exact) mass is 367 g/mol. The minimum absolute atomic E-state index is 0.312. The number of hydrogen-bond acceptors (Lipinski definition) is 5. The summed E-state index contributed by atoms with van der Waals surface area (Å²) in [5.74, 6) is 1.55. The Bertz CT molecular complexity index is 934. The van der Waals surface area contributed by atoms with Gasteiger partial charge in [-0.15, -0.1) is 0 Å². The van der Waals surface area contributed by atoms with Gasteiger partial charge in [0.2, 0.25) is 0 Å². The molecule has 27 heavy (non-hydrogen) atoms. The summed E-state index contributed by atoms with van der Waals surface area (Å²) in [6.45, 7) is 3.78. The minimum atomic E-state index is -0.312. The topological polar surface area (TPSA) is 66.9 Å². The van der Waals surface area contributed by atoms with Crippen molar-refractivity contribution in [1.82, 2.24) is 19.9 Å². The van der Waals surface area contributed by atoms with Crippen LogP contribution < -0.4 is 9.64 Å². The Balaban J connectivity index is 1.61. The van der Waals surface area contributed by atoms with Crippen LogP contribution in [0.1, 0.15) is 30.1 Å². The smallest absolute Gasteiger partial charge is 0.140 e. The molecule has 3 aromatic rings. The first-order valence-corrected chi connectivity index (χ1v) is 9.06. The maximum Gasteiger partial charge on any atom is 0.140 e. The predicted molar refractivity (Wildman–Crippen MR) is 101 cm³/mol. The van der Waals surface area contributed by atoms with Gasteiger partial charge in [-0.05, 0) is 38.0 Å². The Kier molecular flexibility index (Phi) is 4.75. The summed E-state index contributed by atoms with van der Waals surface area (Å²) < 4.78 is 19.3. The molecule has 0 radical (unpaired) electrons. The van der Waals surface area contributed by atoms with Crippen molar-refractivity contribution in [2.24, 2.45) is 0 Å². The molecule has 1 saturated heterocycles. The Morgan fingerprint density at radius 2 is 2.00 bits per heavy atom. The molecule has 0 saturated carbocycles. The zero-order chi connectivity index (χ0) is 18.8. The number of rotatable bonds is 4. The van der Waals surface area contributed by atoms with Gasteiger partial charge in [-0.2, -0.15) is 0 Å². The van der Waals surface area contributed by atoms with Crippen LogP contribution >= 0.6 is 0 Å². The number of anilines is 1. The third-order valence-corrected chi connectivity index (χ3v) is 5.19. The van der Waals surface area contributed by atoms with E-state index in [0.717, 1.165) is 48.7 Å². The summed E-state index contributed by atoms with van der Waals surface area (Å²) in [6.07, 6.45) is 7.01. The van der Waals surface area contributed by atoms with Gasteiger partial charge in [0, 0.05) is 42.0 Å². The lowest BCUT2D eigenvalue weighted by molar-refractivity contribution is 0.415. The summed E-state index contributed by atoms with van der Waals surface area (Å²) in [5, 5.41) is 0. The summed E-state index contributed by atoms with van der Waals surface area (Å²) >= 11 is 0. The zero-order valence-electron chi connectivity index (χ0n) is 15.4. The summed E-state index contributed by atoms with van der Waals surface area (Å²) in [5.41, 5.74) is 3.74. The standard InChI is InChI=1S/C20H22FN5O/c1-13-19(24-12-23-13)14-5-7-26(8-6-14)20-17(10-22-11-25-20)16-9-15(21)3-4-18(16)27-2/h3-4,9-12,14H,5-8H2,1-2H3,(H,23,24). The van der Waals surface area contributed by atoms with Crippen LogP contribution in [-0.2, 0) is 0 Å². The molecule has 7 heteroatoms. The van der Waals surface area contributed by atoms with Crippen LogP contribution in [0.5, 0.6) is 5.75 Å². The number of aromatic amines is 1. The molecule has 0 aliphatic carbocycles. The fourth-order valence-electron chi connectivity index (χ4n) is 3.80. The highest BCUT2D eigenvalue weighted by Gasteiger charge is 2.26. The first-order chi connectivity index (χ1) is 13.2. The lowest BCUT2D eigenvalue weighted by Crippen LogP contribution is -2.34. The number of piperidine rings is 1. The number of hydrogen-bond donors (Lipinski definition) is 1. The second-order valence-corrected chi connectivity index (χ2v) is 6.78. The lowest BCUT2D eigenvalue weighted by atomic mass is 9.92. The van der Waals surface area contributed by atoms with Gasteiger partial charge >= 0.3 is 0 Å². The maximum atomic E-state index is 13.9. The molecule has 0 spiro atoms. The molecule has 1 N–H and O–H groups in total. The van der Waals surface area contributed by atoms with E-state index in [0.29, 0.717) is 17.2 Å². The van der Waals surface area contributed by atoms with Crippen molar-refractivity contribution >= 4 is 5.82 Å². The van der Waals surface area contributed by atoms with Crippen LogP contribution in [0.25, 0.3) is 11.1 Å². The van der Waals surface area contributed by atoms with Crippen LogP contribution in [-0.4, -0.2) is 40.1 Å². The van der Waals surface area contributed by atoms with E-state index in [-0.39, 0.29) is 5.82 Å². The quantitative estimate of drug-likeness (QED) is 0.761. The van der Waals surface area contributed by atoms with Crippen molar-refractivity contribution in [3.05, 3.63) is 54.3 Å². The van der Waals surface area contributed by atoms with E-state index in [9.17, 15) is 4.39 Å². The molecule has 1 aromatic carbocycles. The number of nitrogens with zero attached hydrogens (tertiary/aromatic N) is 4. The molecule has 0 amide bonds. The molecule has 2 aromatic heterocycles. The van der Waals surface area contributed by atoms with Crippen molar-refractivity contribution in [3.8, 4) is 16.9 Å². The molecule has 0 bridgehead atoms. The van der Waals surface area contributed by atoms with Crippen LogP contribution in [0.15, 0.2) is 37.1 Å². The number of imidazole rings is 1. The van der Waals surface area contributed by atoms with Crippen LogP contribution in [0.4, 0.5) is 10.2 Å². The molecular formula is C20H22FN5O. The van der Waals surface area contributed by atoms with Gasteiger partial charge in [0.25, 0.3) is 0 Å². The van der Waals surface area contributed by atoms with Gasteiger partial charge in [-0.3, -0.25) is 0 Å². The van der Waals surface area contributed by atoms with Crippen LogP contribution in [0.3, 0.4) is 0 Å². The highest BCUT2D eigenvalue weighted by atomic mass is 19.1. The molecule has 0 unspecified atom stereocenters. The van der Waals surface area contributed by atoms with Gasteiger partial charge in [-0.1, -0.05) is 0 Å². The predicted octanol–water partition coefficient (Wildman–Crippen LogP) is 3.71. The Hall–Kier alpha value is -2.96. The van der Waals surface area contributed by atoms with E-state index in [4.69, 9.17) is 4.74 Å². The Morgan fingerprint density at radius 1 is 1.19 bits per heavy atom. The molecule has 1 aliphatic heterocycles. The van der Waals surface area contributed by atoms with Crippen molar-refractivity contribution in [1.29, 1.82) is 0 Å². The first-order valence-electron chi connectivity index (χ1n) is 9.06. The third-order valence-electron chi connectivity index (χ3n) is 5.19. The highest BCUT2D eigenvalue weighted by Crippen LogP contribution is 2.38. The van der Waals surface area contributed by atoms with Crippen molar-refractivity contribution in [2.45, 2.75) is 25.7 Å². The van der Waals surface area contributed by atoms with Crippen LogP contribution in [0, 0.1) is 12.7 Å². The molecule has 3 heterocycles.